The van der Waals surface area contributed by atoms with Crippen molar-refractivity contribution in [1.29, 1.82) is 0 Å². The van der Waals surface area contributed by atoms with E-state index in [2.05, 4.69) is 4.57 Å². The molecule has 0 radical (unpaired) electrons. The van der Waals surface area contributed by atoms with Gasteiger partial charge >= 0.3 is 0 Å². The van der Waals surface area contributed by atoms with Gasteiger partial charge in [0.25, 0.3) is 0 Å². The van der Waals surface area contributed by atoms with Gasteiger partial charge in [-0.25, -0.2) is 4.39 Å². The predicted octanol–water partition coefficient (Wildman–Crippen LogP) is 2.57. The van der Waals surface area contributed by atoms with Crippen LogP contribution in [-0.4, -0.2) is 45.8 Å². The van der Waals surface area contributed by atoms with Crippen LogP contribution in [0.15, 0.2) is 42.6 Å². The van der Waals surface area contributed by atoms with Crippen LogP contribution in [0.3, 0.4) is 0 Å². The van der Waals surface area contributed by atoms with Crippen LogP contribution in [0.5, 0.6) is 0 Å². The van der Waals surface area contributed by atoms with Gasteiger partial charge in [-0.05, 0) is 42.7 Å². The van der Waals surface area contributed by atoms with E-state index in [0.29, 0.717) is 13.1 Å². The first-order chi connectivity index (χ1) is 12.6. The van der Waals surface area contributed by atoms with Gasteiger partial charge in [0, 0.05) is 38.1 Å². The fraction of sp³-hybridized carbons (Fsp3) is 0.400. The highest BCUT2D eigenvalue weighted by Gasteiger charge is 2.33. The second kappa shape index (κ2) is 6.94. The Hall–Kier alpha value is -2.63. The van der Waals surface area contributed by atoms with Gasteiger partial charge in [0.05, 0.1) is 6.04 Å². The summed E-state index contributed by atoms with van der Waals surface area (Å²) in [5, 5.41) is 0. The number of hydrogen-bond donors (Lipinski definition) is 0. The number of carbonyl (C=O) groups excluding carboxylic acids is 2. The highest BCUT2D eigenvalue weighted by Crippen LogP contribution is 2.33. The molecule has 0 bridgehead atoms. The predicted molar refractivity (Wildman–Crippen MR) is 94.8 cm³/mol. The van der Waals surface area contributed by atoms with Crippen molar-refractivity contribution >= 4 is 11.8 Å². The molecule has 1 aromatic carbocycles. The Balaban J connectivity index is 1.60. The van der Waals surface area contributed by atoms with Gasteiger partial charge in [-0.1, -0.05) is 12.1 Å². The van der Waals surface area contributed by atoms with Crippen LogP contribution < -0.4 is 0 Å². The SMILES string of the molecule is O=C(CC(=O)N1CCn2cccc2[C@H]1c1ccc(F)cc1)N1CCCC1. The summed E-state index contributed by atoms with van der Waals surface area (Å²) in [6.07, 6.45) is 3.91. The molecule has 0 unspecified atom stereocenters. The van der Waals surface area contributed by atoms with E-state index in [9.17, 15) is 14.0 Å². The number of halogens is 1. The lowest BCUT2D eigenvalue weighted by Crippen LogP contribution is -2.44. The lowest BCUT2D eigenvalue weighted by Gasteiger charge is -2.37. The third-order valence-corrected chi connectivity index (χ3v) is 5.31. The summed E-state index contributed by atoms with van der Waals surface area (Å²) in [6.45, 7) is 2.73. The summed E-state index contributed by atoms with van der Waals surface area (Å²) in [4.78, 5) is 28.9. The molecule has 1 saturated heterocycles. The fourth-order valence-electron chi connectivity index (χ4n) is 3.96. The standard InChI is InChI=1S/C20H22FN3O2/c21-16-7-5-15(6-8-16)20-17-4-3-11-22(17)12-13-24(20)19(26)14-18(25)23-9-1-2-10-23/h3-8,11,20H,1-2,9-10,12-14H2/t20-/m1/s1. The average Bonchev–Trinajstić information content (AvgIpc) is 3.33. The van der Waals surface area contributed by atoms with Crippen molar-refractivity contribution in [2.45, 2.75) is 31.8 Å². The van der Waals surface area contributed by atoms with E-state index in [4.69, 9.17) is 0 Å². The molecule has 6 heteroatoms. The number of fused-ring (bicyclic) bond motifs is 1. The first-order valence-electron chi connectivity index (χ1n) is 9.11. The third-order valence-electron chi connectivity index (χ3n) is 5.31. The number of benzene rings is 1. The van der Waals surface area contributed by atoms with Crippen LogP contribution >= 0.6 is 0 Å². The first kappa shape index (κ1) is 16.8. The number of rotatable bonds is 3. The minimum atomic E-state index is -0.304. The molecule has 2 aliphatic heterocycles. The molecule has 0 aliphatic carbocycles. The van der Waals surface area contributed by atoms with Crippen LogP contribution in [0.25, 0.3) is 0 Å². The van der Waals surface area contributed by atoms with Crippen molar-refractivity contribution in [3.63, 3.8) is 0 Å². The molecule has 0 saturated carbocycles. The van der Waals surface area contributed by atoms with Gasteiger partial charge in [0.15, 0.2) is 0 Å². The fourth-order valence-corrected chi connectivity index (χ4v) is 3.96. The number of nitrogens with zero attached hydrogens (tertiary/aromatic N) is 3. The lowest BCUT2D eigenvalue weighted by molar-refractivity contribution is -0.141. The van der Waals surface area contributed by atoms with Crippen LogP contribution in [0.2, 0.25) is 0 Å². The molecule has 3 heterocycles. The van der Waals surface area contributed by atoms with Crippen molar-refractivity contribution in [3.05, 3.63) is 59.7 Å². The Morgan fingerprint density at radius 3 is 2.42 bits per heavy atom. The zero-order chi connectivity index (χ0) is 18.1. The van der Waals surface area contributed by atoms with Gasteiger partial charge in [-0.2, -0.15) is 0 Å². The topological polar surface area (TPSA) is 45.6 Å². The van der Waals surface area contributed by atoms with Gasteiger partial charge in [0.2, 0.25) is 11.8 Å². The second-order valence-electron chi connectivity index (χ2n) is 6.93. The van der Waals surface area contributed by atoms with Gasteiger partial charge in [-0.3, -0.25) is 9.59 Å². The molecule has 2 aliphatic rings. The van der Waals surface area contributed by atoms with E-state index in [-0.39, 0.29) is 30.1 Å². The highest BCUT2D eigenvalue weighted by atomic mass is 19.1. The monoisotopic (exact) mass is 355 g/mol. The van der Waals surface area contributed by atoms with Gasteiger partial charge < -0.3 is 14.4 Å². The number of aromatic nitrogens is 1. The zero-order valence-corrected chi connectivity index (χ0v) is 14.6. The Bertz CT molecular complexity index is 809. The molecule has 0 N–H and O–H groups in total. The first-order valence-corrected chi connectivity index (χ1v) is 9.11. The molecule has 1 fully saturated rings. The van der Waals surface area contributed by atoms with Gasteiger partial charge in [-0.15, -0.1) is 0 Å². The van der Waals surface area contributed by atoms with Crippen LogP contribution in [-0.2, 0) is 16.1 Å². The number of likely N-dealkylation sites (tertiary alicyclic amines) is 1. The zero-order valence-electron chi connectivity index (χ0n) is 14.6. The van der Waals surface area contributed by atoms with E-state index < -0.39 is 0 Å². The Kier molecular flexibility index (Phi) is 4.49. The minimum Gasteiger partial charge on any atom is -0.348 e. The summed E-state index contributed by atoms with van der Waals surface area (Å²) in [5.41, 5.74) is 1.85. The van der Waals surface area contributed by atoms with Crippen molar-refractivity contribution in [2.24, 2.45) is 0 Å². The maximum Gasteiger partial charge on any atom is 0.232 e. The summed E-state index contributed by atoms with van der Waals surface area (Å²) in [6, 6.07) is 9.89. The molecule has 4 rings (SSSR count). The summed E-state index contributed by atoms with van der Waals surface area (Å²) >= 11 is 0. The van der Waals surface area contributed by atoms with E-state index in [1.54, 1.807) is 21.9 Å². The van der Waals surface area contributed by atoms with Crippen molar-refractivity contribution < 1.29 is 14.0 Å². The van der Waals surface area contributed by atoms with Crippen LogP contribution in [0.1, 0.15) is 36.6 Å². The van der Waals surface area contributed by atoms with Crippen molar-refractivity contribution in [3.8, 4) is 0 Å². The molecule has 136 valence electrons. The number of amides is 2. The quantitative estimate of drug-likeness (QED) is 0.795. The lowest BCUT2D eigenvalue weighted by atomic mass is 9.99. The maximum absolute atomic E-state index is 13.4. The largest absolute Gasteiger partial charge is 0.348 e. The summed E-state index contributed by atoms with van der Waals surface area (Å²) in [7, 11) is 0. The summed E-state index contributed by atoms with van der Waals surface area (Å²) in [5.74, 6) is -0.558. The molecule has 26 heavy (non-hydrogen) atoms. The molecule has 2 amide bonds. The van der Waals surface area contributed by atoms with Gasteiger partial charge in [0.1, 0.15) is 12.2 Å². The van der Waals surface area contributed by atoms with Crippen molar-refractivity contribution in [2.75, 3.05) is 19.6 Å². The normalized spacial score (nSPS) is 19.5. The number of hydrogen-bond acceptors (Lipinski definition) is 2. The summed E-state index contributed by atoms with van der Waals surface area (Å²) < 4.78 is 15.5. The average molecular weight is 355 g/mol. The van der Waals surface area contributed by atoms with E-state index in [1.807, 2.05) is 18.3 Å². The van der Waals surface area contributed by atoms with Crippen molar-refractivity contribution in [1.82, 2.24) is 14.4 Å². The Labute approximate surface area is 152 Å². The molecule has 5 nitrogen and oxygen atoms in total. The molecule has 0 spiro atoms. The molecule has 2 aromatic rings. The molecule has 1 atom stereocenters. The molecule has 1 aromatic heterocycles. The highest BCUT2D eigenvalue weighted by molar-refractivity contribution is 5.97. The maximum atomic E-state index is 13.4. The van der Waals surface area contributed by atoms with E-state index >= 15 is 0 Å². The Morgan fingerprint density at radius 2 is 1.69 bits per heavy atom. The smallest absolute Gasteiger partial charge is 0.232 e. The second-order valence-corrected chi connectivity index (χ2v) is 6.93. The molecular weight excluding hydrogens is 333 g/mol. The minimum absolute atomic E-state index is 0.0914. The van der Waals surface area contributed by atoms with E-state index in [1.165, 1.54) is 12.1 Å². The Morgan fingerprint density at radius 1 is 0.962 bits per heavy atom. The van der Waals surface area contributed by atoms with Crippen LogP contribution in [0, 0.1) is 5.82 Å². The number of carbonyl (C=O) groups is 2. The van der Waals surface area contributed by atoms with Crippen LogP contribution in [0.4, 0.5) is 4.39 Å². The van der Waals surface area contributed by atoms with E-state index in [0.717, 1.165) is 37.2 Å². The third kappa shape index (κ3) is 3.11. The molecular formula is C20H22FN3O2.